The summed E-state index contributed by atoms with van der Waals surface area (Å²) >= 11 is 5.84. The van der Waals surface area contributed by atoms with Crippen LogP contribution >= 0.6 is 11.6 Å². The summed E-state index contributed by atoms with van der Waals surface area (Å²) in [4.78, 5) is 29.9. The minimum Gasteiger partial charge on any atom is -0.478 e. The number of carboxylic acid groups (broad SMARTS) is 1. The molecular weight excluding hydrogens is 323 g/mol. The SMILES string of the molecule is O=C(O)c1ccc2c(=O)[nH]c(Cc3cc(Cl)ccc3F)nc2c1. The molecule has 0 amide bonds. The maximum atomic E-state index is 13.8. The van der Waals surface area contributed by atoms with E-state index in [0.717, 1.165) is 0 Å². The molecule has 116 valence electrons. The highest BCUT2D eigenvalue weighted by atomic mass is 35.5. The van der Waals surface area contributed by atoms with Gasteiger partial charge in [0, 0.05) is 11.4 Å². The molecule has 2 N–H and O–H groups in total. The fourth-order valence-electron chi connectivity index (χ4n) is 2.26. The summed E-state index contributed by atoms with van der Waals surface area (Å²) in [6, 6.07) is 8.15. The second-order valence-corrected chi connectivity index (χ2v) is 5.40. The standard InChI is InChI=1S/C16H10ClFN2O3/c17-10-2-4-12(18)9(5-10)7-14-19-13-6-8(16(22)23)1-3-11(13)15(21)20-14/h1-6H,7H2,(H,22,23)(H,19,20,21). The normalized spacial score (nSPS) is 10.9. The summed E-state index contributed by atoms with van der Waals surface area (Å²) in [7, 11) is 0. The van der Waals surface area contributed by atoms with E-state index in [1.54, 1.807) is 0 Å². The van der Waals surface area contributed by atoms with E-state index in [2.05, 4.69) is 9.97 Å². The van der Waals surface area contributed by atoms with Crippen LogP contribution in [0.4, 0.5) is 4.39 Å². The molecule has 1 heterocycles. The lowest BCUT2D eigenvalue weighted by molar-refractivity contribution is 0.0697. The van der Waals surface area contributed by atoms with Crippen LogP contribution in [0.2, 0.25) is 5.02 Å². The largest absolute Gasteiger partial charge is 0.478 e. The quantitative estimate of drug-likeness (QED) is 0.772. The van der Waals surface area contributed by atoms with Crippen LogP contribution in [0.25, 0.3) is 10.9 Å². The first-order chi connectivity index (χ1) is 10.9. The number of halogens is 2. The van der Waals surface area contributed by atoms with Crippen molar-refractivity contribution < 1.29 is 14.3 Å². The number of carbonyl (C=O) groups is 1. The van der Waals surface area contributed by atoms with Crippen molar-refractivity contribution in [3.63, 3.8) is 0 Å². The third kappa shape index (κ3) is 3.07. The van der Waals surface area contributed by atoms with Gasteiger partial charge in [0.2, 0.25) is 0 Å². The van der Waals surface area contributed by atoms with Gasteiger partial charge in [-0.2, -0.15) is 0 Å². The Bertz CT molecular complexity index is 985. The Hall–Kier alpha value is -2.73. The smallest absolute Gasteiger partial charge is 0.335 e. The van der Waals surface area contributed by atoms with Crippen molar-refractivity contribution in [2.45, 2.75) is 6.42 Å². The molecule has 5 nitrogen and oxygen atoms in total. The molecule has 0 aliphatic rings. The Labute approximate surface area is 134 Å². The molecule has 1 aromatic heterocycles. The highest BCUT2D eigenvalue weighted by molar-refractivity contribution is 6.30. The summed E-state index contributed by atoms with van der Waals surface area (Å²) in [6.45, 7) is 0. The summed E-state index contributed by atoms with van der Waals surface area (Å²) in [6.07, 6.45) is 0.0366. The van der Waals surface area contributed by atoms with Gasteiger partial charge < -0.3 is 10.1 Å². The number of hydrogen-bond donors (Lipinski definition) is 2. The molecule has 0 spiro atoms. The van der Waals surface area contributed by atoms with E-state index >= 15 is 0 Å². The maximum absolute atomic E-state index is 13.8. The van der Waals surface area contributed by atoms with Gasteiger partial charge in [0.15, 0.2) is 0 Å². The summed E-state index contributed by atoms with van der Waals surface area (Å²) in [5, 5.41) is 9.65. The van der Waals surface area contributed by atoms with Gasteiger partial charge in [0.1, 0.15) is 11.6 Å². The summed E-state index contributed by atoms with van der Waals surface area (Å²) < 4.78 is 13.8. The number of hydrogen-bond acceptors (Lipinski definition) is 3. The number of aromatic amines is 1. The molecule has 0 aliphatic heterocycles. The van der Waals surface area contributed by atoms with Crippen molar-refractivity contribution in [2.24, 2.45) is 0 Å². The second-order valence-electron chi connectivity index (χ2n) is 4.96. The number of benzene rings is 2. The fourth-order valence-corrected chi connectivity index (χ4v) is 2.46. The number of H-pyrrole nitrogens is 1. The van der Waals surface area contributed by atoms with E-state index in [1.165, 1.54) is 36.4 Å². The van der Waals surface area contributed by atoms with Crippen molar-refractivity contribution >= 4 is 28.5 Å². The highest BCUT2D eigenvalue weighted by Gasteiger charge is 2.11. The van der Waals surface area contributed by atoms with E-state index in [9.17, 15) is 14.0 Å². The van der Waals surface area contributed by atoms with Crippen LogP contribution in [0, 0.1) is 5.82 Å². The van der Waals surface area contributed by atoms with E-state index in [-0.39, 0.29) is 34.3 Å². The van der Waals surface area contributed by atoms with Crippen molar-refractivity contribution in [1.82, 2.24) is 9.97 Å². The van der Waals surface area contributed by atoms with E-state index in [1.807, 2.05) is 0 Å². The maximum Gasteiger partial charge on any atom is 0.335 e. The molecule has 3 aromatic rings. The first kappa shape index (κ1) is 15.2. The average Bonchev–Trinajstić information content (AvgIpc) is 2.50. The number of carboxylic acids is 1. The minimum absolute atomic E-state index is 0.0236. The molecule has 23 heavy (non-hydrogen) atoms. The zero-order chi connectivity index (χ0) is 16.6. The molecule has 0 saturated carbocycles. The molecule has 2 aromatic carbocycles. The molecule has 3 rings (SSSR count). The zero-order valence-corrected chi connectivity index (χ0v) is 12.4. The second kappa shape index (κ2) is 5.81. The van der Waals surface area contributed by atoms with E-state index in [4.69, 9.17) is 16.7 Å². The third-order valence-electron chi connectivity index (χ3n) is 3.37. The summed E-state index contributed by atoms with van der Waals surface area (Å²) in [5.41, 5.74) is 0.139. The number of nitrogens with one attached hydrogen (secondary N) is 1. The molecule has 0 fully saturated rings. The summed E-state index contributed by atoms with van der Waals surface area (Å²) in [5.74, 6) is -1.35. The Morgan fingerprint density at radius 2 is 2.04 bits per heavy atom. The topological polar surface area (TPSA) is 83.0 Å². The lowest BCUT2D eigenvalue weighted by Gasteiger charge is -2.06. The Balaban J connectivity index is 2.09. The van der Waals surface area contributed by atoms with Gasteiger partial charge in [-0.25, -0.2) is 14.2 Å². The van der Waals surface area contributed by atoms with Crippen LogP contribution in [-0.2, 0) is 6.42 Å². The first-order valence-corrected chi connectivity index (χ1v) is 7.02. The molecule has 7 heteroatoms. The molecule has 0 unspecified atom stereocenters. The lowest BCUT2D eigenvalue weighted by Crippen LogP contribution is -2.13. The van der Waals surface area contributed by atoms with Crippen LogP contribution < -0.4 is 5.56 Å². The first-order valence-electron chi connectivity index (χ1n) is 6.64. The fraction of sp³-hybridized carbons (Fsp3) is 0.0625. The van der Waals surface area contributed by atoms with Crippen LogP contribution in [0.3, 0.4) is 0 Å². The molecule has 0 saturated heterocycles. The average molecular weight is 333 g/mol. The van der Waals surface area contributed by atoms with Crippen LogP contribution in [0.5, 0.6) is 0 Å². The predicted molar refractivity (Wildman–Crippen MR) is 83.5 cm³/mol. The highest BCUT2D eigenvalue weighted by Crippen LogP contribution is 2.18. The van der Waals surface area contributed by atoms with Crippen LogP contribution in [0.15, 0.2) is 41.2 Å². The van der Waals surface area contributed by atoms with Crippen molar-refractivity contribution in [1.29, 1.82) is 0 Å². The third-order valence-corrected chi connectivity index (χ3v) is 3.60. The molecule has 0 radical (unpaired) electrons. The number of aromatic carboxylic acids is 1. The number of fused-ring (bicyclic) bond motifs is 1. The number of aromatic nitrogens is 2. The van der Waals surface area contributed by atoms with Gasteiger partial charge in [-0.15, -0.1) is 0 Å². The Morgan fingerprint density at radius 3 is 2.78 bits per heavy atom. The molecule has 0 atom stereocenters. The molecule has 0 bridgehead atoms. The molecular formula is C16H10ClFN2O3. The Morgan fingerprint density at radius 1 is 1.26 bits per heavy atom. The van der Waals surface area contributed by atoms with Gasteiger partial charge in [-0.1, -0.05) is 11.6 Å². The van der Waals surface area contributed by atoms with Gasteiger partial charge in [-0.3, -0.25) is 4.79 Å². The predicted octanol–water partition coefficient (Wildman–Crippen LogP) is 3.00. The van der Waals surface area contributed by atoms with Gasteiger partial charge in [0.05, 0.1) is 16.5 Å². The van der Waals surface area contributed by atoms with Crippen molar-refractivity contribution in [3.8, 4) is 0 Å². The van der Waals surface area contributed by atoms with E-state index < -0.39 is 17.3 Å². The van der Waals surface area contributed by atoms with Crippen molar-refractivity contribution in [2.75, 3.05) is 0 Å². The van der Waals surface area contributed by atoms with Crippen molar-refractivity contribution in [3.05, 3.63) is 74.5 Å². The van der Waals surface area contributed by atoms with Gasteiger partial charge in [0.25, 0.3) is 5.56 Å². The monoisotopic (exact) mass is 332 g/mol. The van der Waals surface area contributed by atoms with Gasteiger partial charge in [-0.05, 0) is 42.0 Å². The zero-order valence-electron chi connectivity index (χ0n) is 11.6. The number of nitrogens with zero attached hydrogens (tertiary/aromatic N) is 1. The molecule has 0 aliphatic carbocycles. The Kier molecular flexibility index (Phi) is 3.83. The van der Waals surface area contributed by atoms with Gasteiger partial charge >= 0.3 is 5.97 Å². The van der Waals surface area contributed by atoms with E-state index in [0.29, 0.717) is 5.02 Å². The number of rotatable bonds is 3. The lowest BCUT2D eigenvalue weighted by atomic mass is 10.1. The van der Waals surface area contributed by atoms with Crippen LogP contribution in [-0.4, -0.2) is 21.0 Å². The van der Waals surface area contributed by atoms with Crippen LogP contribution in [0.1, 0.15) is 21.7 Å². The minimum atomic E-state index is -1.11.